The maximum atomic E-state index is 12.4. The molecule has 1 atom stereocenters. The average Bonchev–Trinajstić information content (AvgIpc) is 3.22. The second-order valence-corrected chi connectivity index (χ2v) is 6.76. The van der Waals surface area contributed by atoms with E-state index in [0.717, 1.165) is 16.5 Å². The Morgan fingerprint density at radius 1 is 1.17 bits per heavy atom. The Morgan fingerprint density at radius 3 is 2.93 bits per heavy atom. The van der Waals surface area contributed by atoms with Crippen molar-refractivity contribution in [2.24, 2.45) is 0 Å². The van der Waals surface area contributed by atoms with Gasteiger partial charge in [0.25, 0.3) is 5.91 Å². The molecular weight excluding hydrogens is 368 g/mol. The summed E-state index contributed by atoms with van der Waals surface area (Å²) in [5.41, 5.74) is 2.18. The number of pyridine rings is 2. The van der Waals surface area contributed by atoms with Crippen LogP contribution in [0.5, 0.6) is 5.75 Å². The molecule has 29 heavy (non-hydrogen) atoms. The lowest BCUT2D eigenvalue weighted by molar-refractivity contribution is 0.0930. The predicted molar refractivity (Wildman–Crippen MR) is 107 cm³/mol. The number of ether oxygens (including phenoxy) is 1. The van der Waals surface area contributed by atoms with Crippen LogP contribution < -0.4 is 10.1 Å². The van der Waals surface area contributed by atoms with Crippen LogP contribution in [0, 0.1) is 0 Å². The Morgan fingerprint density at radius 2 is 2.07 bits per heavy atom. The van der Waals surface area contributed by atoms with Gasteiger partial charge in [-0.25, -0.2) is 0 Å². The van der Waals surface area contributed by atoms with Crippen LogP contribution in [0.25, 0.3) is 10.9 Å². The minimum absolute atomic E-state index is 0.0608. The minimum Gasteiger partial charge on any atom is -0.486 e. The van der Waals surface area contributed by atoms with Crippen LogP contribution in [0.2, 0.25) is 0 Å². The molecule has 0 radical (unpaired) electrons. The summed E-state index contributed by atoms with van der Waals surface area (Å²) in [5.74, 6) is 0.882. The van der Waals surface area contributed by atoms with Gasteiger partial charge >= 0.3 is 0 Å². The molecule has 0 unspecified atom stereocenters. The van der Waals surface area contributed by atoms with Crippen LogP contribution in [0.3, 0.4) is 0 Å². The highest BCUT2D eigenvalue weighted by Crippen LogP contribution is 2.20. The molecule has 0 spiro atoms. The largest absolute Gasteiger partial charge is 0.486 e. The normalized spacial score (nSPS) is 11.9. The number of amides is 1. The van der Waals surface area contributed by atoms with Gasteiger partial charge in [0.05, 0.1) is 5.52 Å². The second kappa shape index (κ2) is 8.52. The first-order chi connectivity index (χ1) is 14.2. The first kappa shape index (κ1) is 18.6. The minimum atomic E-state index is -0.284. The molecule has 0 fully saturated rings. The van der Waals surface area contributed by atoms with Gasteiger partial charge in [0.15, 0.2) is 11.5 Å². The van der Waals surface area contributed by atoms with Gasteiger partial charge in [0.2, 0.25) is 0 Å². The number of carbonyl (C=O) groups excluding carboxylic acids is 1. The second-order valence-electron chi connectivity index (χ2n) is 6.76. The van der Waals surface area contributed by atoms with E-state index < -0.39 is 0 Å². The fourth-order valence-corrected chi connectivity index (χ4v) is 3.01. The van der Waals surface area contributed by atoms with E-state index in [9.17, 15) is 4.79 Å². The van der Waals surface area contributed by atoms with E-state index in [2.05, 4.69) is 20.4 Å². The lowest BCUT2D eigenvalue weighted by Crippen LogP contribution is -2.34. The van der Waals surface area contributed by atoms with Crippen LogP contribution in [0.15, 0.2) is 71.6 Å². The van der Waals surface area contributed by atoms with E-state index in [1.807, 2.05) is 49.4 Å². The summed E-state index contributed by atoms with van der Waals surface area (Å²) < 4.78 is 11.0. The molecular formula is C22H20N4O3. The van der Waals surface area contributed by atoms with E-state index in [0.29, 0.717) is 17.9 Å². The topological polar surface area (TPSA) is 90.1 Å². The number of nitrogens with zero attached hydrogens (tertiary/aromatic N) is 3. The number of nitrogens with one attached hydrogen (secondary N) is 1. The van der Waals surface area contributed by atoms with E-state index >= 15 is 0 Å². The zero-order valence-corrected chi connectivity index (χ0v) is 15.9. The van der Waals surface area contributed by atoms with Gasteiger partial charge in [-0.05, 0) is 49.2 Å². The highest BCUT2D eigenvalue weighted by Gasteiger charge is 2.15. The van der Waals surface area contributed by atoms with Crippen molar-refractivity contribution in [2.75, 3.05) is 0 Å². The van der Waals surface area contributed by atoms with Gasteiger partial charge in [-0.1, -0.05) is 17.3 Å². The van der Waals surface area contributed by atoms with Crippen molar-refractivity contribution < 1.29 is 14.1 Å². The molecule has 0 saturated carbocycles. The maximum Gasteiger partial charge on any atom is 0.273 e. The summed E-state index contributed by atoms with van der Waals surface area (Å²) in [6, 6.07) is 14.9. The molecule has 4 rings (SSSR count). The van der Waals surface area contributed by atoms with E-state index in [1.54, 1.807) is 24.7 Å². The van der Waals surface area contributed by atoms with Crippen molar-refractivity contribution in [2.45, 2.75) is 26.0 Å². The Bertz CT molecular complexity index is 1110. The van der Waals surface area contributed by atoms with Gasteiger partial charge in [-0.3, -0.25) is 14.8 Å². The lowest BCUT2D eigenvalue weighted by atomic mass is 10.1. The van der Waals surface area contributed by atoms with E-state index in [-0.39, 0.29) is 24.2 Å². The molecule has 1 aromatic carbocycles. The molecule has 146 valence electrons. The number of carbonyl (C=O) groups is 1. The molecule has 7 nitrogen and oxygen atoms in total. The summed E-state index contributed by atoms with van der Waals surface area (Å²) in [7, 11) is 0. The molecule has 0 saturated heterocycles. The number of aromatic nitrogens is 3. The Labute approximate surface area is 167 Å². The number of fused-ring (bicyclic) bond motifs is 1. The van der Waals surface area contributed by atoms with Crippen LogP contribution in [-0.2, 0) is 13.0 Å². The SMILES string of the molecule is C[C@H](Cc1cccnc1)NC(=O)c1cc(COc2ccc3ncccc3c2)on1. The molecule has 1 amide bonds. The van der Waals surface area contributed by atoms with Crippen molar-refractivity contribution in [3.05, 3.63) is 84.1 Å². The van der Waals surface area contributed by atoms with Gasteiger partial charge in [0.1, 0.15) is 12.4 Å². The van der Waals surface area contributed by atoms with Crippen molar-refractivity contribution >= 4 is 16.8 Å². The third-order valence-corrected chi connectivity index (χ3v) is 4.39. The summed E-state index contributed by atoms with van der Waals surface area (Å²) in [5, 5.41) is 7.75. The lowest BCUT2D eigenvalue weighted by Gasteiger charge is -2.12. The molecule has 7 heteroatoms. The van der Waals surface area contributed by atoms with Crippen molar-refractivity contribution in [3.8, 4) is 5.75 Å². The monoisotopic (exact) mass is 388 g/mol. The first-order valence-electron chi connectivity index (χ1n) is 9.30. The molecule has 3 aromatic heterocycles. The molecule has 3 heterocycles. The average molecular weight is 388 g/mol. The van der Waals surface area contributed by atoms with Crippen molar-refractivity contribution in [1.82, 2.24) is 20.4 Å². The van der Waals surface area contributed by atoms with Crippen LogP contribution in [0.4, 0.5) is 0 Å². The Kier molecular flexibility index (Phi) is 5.47. The first-order valence-corrected chi connectivity index (χ1v) is 9.30. The molecule has 0 aliphatic rings. The summed E-state index contributed by atoms with van der Waals surface area (Å²) in [4.78, 5) is 20.7. The summed E-state index contributed by atoms with van der Waals surface area (Å²) in [6.07, 6.45) is 5.95. The maximum absolute atomic E-state index is 12.4. The molecule has 1 N–H and O–H groups in total. The third kappa shape index (κ3) is 4.76. The Balaban J connectivity index is 1.33. The standard InChI is InChI=1S/C22H20N4O3/c1-15(10-16-4-2-8-23-13-16)25-22(27)21-12-19(29-26-21)14-28-18-6-7-20-17(11-18)5-3-9-24-20/h2-9,11-13,15H,10,14H2,1H3,(H,25,27)/t15-/m1/s1. The van der Waals surface area contributed by atoms with Gasteiger partial charge in [-0.15, -0.1) is 0 Å². The summed E-state index contributed by atoms with van der Waals surface area (Å²) in [6.45, 7) is 2.11. The third-order valence-electron chi connectivity index (χ3n) is 4.39. The van der Waals surface area contributed by atoms with Gasteiger partial charge in [-0.2, -0.15) is 0 Å². The zero-order valence-electron chi connectivity index (χ0n) is 15.9. The quantitative estimate of drug-likeness (QED) is 0.521. The number of hydrogen-bond donors (Lipinski definition) is 1. The van der Waals surface area contributed by atoms with Crippen LogP contribution in [0.1, 0.15) is 28.7 Å². The van der Waals surface area contributed by atoms with Crippen LogP contribution in [-0.4, -0.2) is 27.1 Å². The smallest absolute Gasteiger partial charge is 0.273 e. The van der Waals surface area contributed by atoms with Gasteiger partial charge < -0.3 is 14.6 Å². The Hall–Kier alpha value is -3.74. The van der Waals surface area contributed by atoms with Crippen molar-refractivity contribution in [1.29, 1.82) is 0 Å². The zero-order chi connectivity index (χ0) is 20.1. The fourth-order valence-electron chi connectivity index (χ4n) is 3.01. The number of hydrogen-bond acceptors (Lipinski definition) is 6. The molecule has 4 aromatic rings. The highest BCUT2D eigenvalue weighted by molar-refractivity contribution is 5.92. The van der Waals surface area contributed by atoms with Gasteiger partial charge in [0, 0.05) is 36.1 Å². The number of benzene rings is 1. The molecule has 0 bridgehead atoms. The van der Waals surface area contributed by atoms with E-state index in [4.69, 9.17) is 9.26 Å². The molecule has 0 aliphatic heterocycles. The fraction of sp³-hybridized carbons (Fsp3) is 0.182. The highest BCUT2D eigenvalue weighted by atomic mass is 16.5. The van der Waals surface area contributed by atoms with Crippen LogP contribution >= 0.6 is 0 Å². The molecule has 0 aliphatic carbocycles. The predicted octanol–water partition coefficient (Wildman–Crippen LogP) is 3.56. The summed E-state index contributed by atoms with van der Waals surface area (Å²) >= 11 is 0. The number of rotatable bonds is 7. The van der Waals surface area contributed by atoms with Crippen molar-refractivity contribution in [3.63, 3.8) is 0 Å². The van der Waals surface area contributed by atoms with E-state index in [1.165, 1.54) is 0 Å².